The highest BCUT2D eigenvalue weighted by atomic mass is 35.5. The van der Waals surface area contributed by atoms with Crippen LogP contribution in [0.1, 0.15) is 16.7 Å². The number of nitrogens with zero attached hydrogens (tertiary/aromatic N) is 1. The lowest BCUT2D eigenvalue weighted by atomic mass is 10.0. The van der Waals surface area contributed by atoms with Gasteiger partial charge in [0.1, 0.15) is 6.04 Å². The second-order valence-electron chi connectivity index (χ2n) is 8.37. The van der Waals surface area contributed by atoms with Crippen molar-refractivity contribution in [3.63, 3.8) is 0 Å². The van der Waals surface area contributed by atoms with Gasteiger partial charge in [0.15, 0.2) is 0 Å². The maximum Gasteiger partial charge on any atom is 0.321 e. The van der Waals surface area contributed by atoms with E-state index in [1.54, 1.807) is 6.07 Å². The van der Waals surface area contributed by atoms with E-state index in [4.69, 9.17) is 23.2 Å². The fraction of sp³-hybridized carbons (Fsp3) is 0.148. The van der Waals surface area contributed by atoms with Crippen molar-refractivity contribution in [3.8, 4) is 0 Å². The number of rotatable bonds is 8. The van der Waals surface area contributed by atoms with Crippen LogP contribution in [-0.4, -0.2) is 26.7 Å². The fourth-order valence-corrected chi connectivity index (χ4v) is 4.90. The average molecular weight is 492 g/mol. The van der Waals surface area contributed by atoms with Crippen LogP contribution in [0, 0.1) is 0 Å². The lowest BCUT2D eigenvalue weighted by Crippen LogP contribution is -2.38. The molecule has 0 aliphatic rings. The number of para-hydroxylation sites is 2. The summed E-state index contributed by atoms with van der Waals surface area (Å²) in [6.45, 7) is 1.02. The highest BCUT2D eigenvalue weighted by Crippen LogP contribution is 2.26. The van der Waals surface area contributed by atoms with Crippen molar-refractivity contribution < 1.29 is 9.90 Å². The van der Waals surface area contributed by atoms with Crippen LogP contribution in [-0.2, 0) is 24.3 Å². The summed E-state index contributed by atoms with van der Waals surface area (Å²) in [4.78, 5) is 15.3. The highest BCUT2D eigenvalue weighted by Gasteiger charge is 2.20. The molecule has 5 nitrogen and oxygen atoms in total. The third-order valence-electron chi connectivity index (χ3n) is 6.16. The molecule has 172 valence electrons. The van der Waals surface area contributed by atoms with Crippen molar-refractivity contribution in [2.24, 2.45) is 0 Å². The van der Waals surface area contributed by atoms with Gasteiger partial charge in [-0.1, -0.05) is 65.7 Å². The number of nitrogens with one attached hydrogen (secondary N) is 2. The standard InChI is InChI=1S/C27H23Cl2N3O2/c28-20-10-9-17(23(29)12-20)15-32-16-19(22-6-2-4-8-26(22)32)14-31-25(27(33)34)11-18-13-30-24-7-3-1-5-21(18)24/h1-10,12-13,16,25,30-31H,11,14-15H2,(H,33,34)/t25-/m0/s1. The normalized spacial score (nSPS) is 12.4. The van der Waals surface area contributed by atoms with Gasteiger partial charge in [0.25, 0.3) is 0 Å². The SMILES string of the molecule is O=C(O)[C@H](Cc1c[nH]c2ccccc12)NCc1cn(Cc2ccc(Cl)cc2Cl)c2ccccc12. The number of fused-ring (bicyclic) bond motifs is 2. The number of halogens is 2. The highest BCUT2D eigenvalue weighted by molar-refractivity contribution is 6.35. The van der Waals surface area contributed by atoms with Crippen LogP contribution < -0.4 is 5.32 Å². The van der Waals surface area contributed by atoms with Crippen LogP contribution in [0.2, 0.25) is 10.0 Å². The molecule has 0 saturated heterocycles. The summed E-state index contributed by atoms with van der Waals surface area (Å²) in [6, 6.07) is 20.8. The first-order valence-electron chi connectivity index (χ1n) is 11.0. The molecule has 0 spiro atoms. The molecule has 34 heavy (non-hydrogen) atoms. The molecule has 5 rings (SSSR count). The number of carboxylic acids is 1. The van der Waals surface area contributed by atoms with Gasteiger partial charge >= 0.3 is 5.97 Å². The maximum atomic E-state index is 12.1. The Morgan fingerprint density at radius 3 is 2.53 bits per heavy atom. The Hall–Kier alpha value is -3.25. The topological polar surface area (TPSA) is 70.0 Å². The van der Waals surface area contributed by atoms with Gasteiger partial charge in [0.2, 0.25) is 0 Å². The van der Waals surface area contributed by atoms with E-state index < -0.39 is 12.0 Å². The largest absolute Gasteiger partial charge is 0.480 e. The first-order valence-corrected chi connectivity index (χ1v) is 11.8. The zero-order chi connectivity index (χ0) is 23.7. The molecule has 0 unspecified atom stereocenters. The Bertz CT molecular complexity index is 1490. The van der Waals surface area contributed by atoms with Crippen molar-refractivity contribution in [1.82, 2.24) is 14.9 Å². The molecular formula is C27H23Cl2N3O2. The van der Waals surface area contributed by atoms with Crippen LogP contribution in [0.3, 0.4) is 0 Å². The molecule has 0 aliphatic heterocycles. The molecule has 0 saturated carbocycles. The number of aliphatic carboxylic acids is 1. The van der Waals surface area contributed by atoms with Gasteiger partial charge in [0, 0.05) is 63.8 Å². The number of carbonyl (C=O) groups is 1. The Kier molecular flexibility index (Phi) is 6.33. The van der Waals surface area contributed by atoms with Gasteiger partial charge in [0.05, 0.1) is 0 Å². The molecular weight excluding hydrogens is 469 g/mol. The number of carboxylic acid groups (broad SMARTS) is 1. The molecule has 2 aromatic heterocycles. The van der Waals surface area contributed by atoms with E-state index >= 15 is 0 Å². The first kappa shape index (κ1) is 22.5. The second kappa shape index (κ2) is 9.55. The molecule has 7 heteroatoms. The van der Waals surface area contributed by atoms with E-state index in [1.807, 2.05) is 54.7 Å². The van der Waals surface area contributed by atoms with E-state index in [0.717, 1.165) is 38.5 Å². The lowest BCUT2D eigenvalue weighted by molar-refractivity contribution is -0.139. The third kappa shape index (κ3) is 4.55. The first-order chi connectivity index (χ1) is 16.5. The molecule has 0 radical (unpaired) electrons. The number of aromatic nitrogens is 2. The predicted molar refractivity (Wildman–Crippen MR) is 138 cm³/mol. The monoisotopic (exact) mass is 491 g/mol. The smallest absolute Gasteiger partial charge is 0.321 e. The molecule has 1 atom stereocenters. The van der Waals surface area contributed by atoms with Crippen LogP contribution in [0.5, 0.6) is 0 Å². The summed E-state index contributed by atoms with van der Waals surface area (Å²) in [5.74, 6) is -0.873. The van der Waals surface area contributed by atoms with Crippen molar-refractivity contribution in [3.05, 3.63) is 106 Å². The zero-order valence-electron chi connectivity index (χ0n) is 18.3. The van der Waals surface area contributed by atoms with Gasteiger partial charge < -0.3 is 14.7 Å². The number of hydrogen-bond donors (Lipinski definition) is 3. The molecule has 0 aliphatic carbocycles. The summed E-state index contributed by atoms with van der Waals surface area (Å²) in [5.41, 5.74) is 5.05. The minimum absolute atomic E-state index is 0.387. The number of H-pyrrole nitrogens is 1. The number of benzene rings is 3. The van der Waals surface area contributed by atoms with Crippen molar-refractivity contribution in [2.45, 2.75) is 25.6 Å². The van der Waals surface area contributed by atoms with Gasteiger partial charge in [-0.25, -0.2) is 0 Å². The minimum atomic E-state index is -0.873. The third-order valence-corrected chi connectivity index (χ3v) is 6.75. The van der Waals surface area contributed by atoms with Crippen LogP contribution in [0.4, 0.5) is 0 Å². The Morgan fingerprint density at radius 2 is 1.74 bits per heavy atom. The summed E-state index contributed by atoms with van der Waals surface area (Å²) >= 11 is 12.5. The van der Waals surface area contributed by atoms with Crippen LogP contribution in [0.25, 0.3) is 21.8 Å². The van der Waals surface area contributed by atoms with Gasteiger partial charge in [-0.05, 0) is 41.0 Å². The van der Waals surface area contributed by atoms with Crippen molar-refractivity contribution >= 4 is 51.0 Å². The van der Waals surface area contributed by atoms with E-state index in [0.29, 0.717) is 29.6 Å². The molecule has 3 aromatic carbocycles. The zero-order valence-corrected chi connectivity index (χ0v) is 19.8. The lowest BCUT2D eigenvalue weighted by Gasteiger charge is -2.14. The molecule has 5 aromatic rings. The minimum Gasteiger partial charge on any atom is -0.480 e. The van der Waals surface area contributed by atoms with Crippen molar-refractivity contribution in [1.29, 1.82) is 0 Å². The van der Waals surface area contributed by atoms with E-state index in [2.05, 4.69) is 33.2 Å². The van der Waals surface area contributed by atoms with Crippen LogP contribution in [0.15, 0.2) is 79.1 Å². The molecule has 2 heterocycles. The summed E-state index contributed by atoms with van der Waals surface area (Å²) in [5, 5.41) is 16.5. The summed E-state index contributed by atoms with van der Waals surface area (Å²) < 4.78 is 2.14. The molecule has 0 fully saturated rings. The number of hydrogen-bond acceptors (Lipinski definition) is 2. The molecule has 3 N–H and O–H groups in total. The predicted octanol–water partition coefficient (Wildman–Crippen LogP) is 6.26. The Labute approximate surface area is 206 Å². The van der Waals surface area contributed by atoms with Crippen molar-refractivity contribution in [2.75, 3.05) is 0 Å². The van der Waals surface area contributed by atoms with E-state index in [1.165, 1.54) is 0 Å². The van der Waals surface area contributed by atoms with Crippen LogP contribution >= 0.6 is 23.2 Å². The second-order valence-corrected chi connectivity index (χ2v) is 9.21. The fourth-order valence-electron chi connectivity index (χ4n) is 4.43. The molecule has 0 amide bonds. The van der Waals surface area contributed by atoms with Gasteiger partial charge in [-0.15, -0.1) is 0 Å². The molecule has 0 bridgehead atoms. The van der Waals surface area contributed by atoms with Gasteiger partial charge in [-0.3, -0.25) is 10.1 Å². The quantitative estimate of drug-likeness (QED) is 0.239. The Balaban J connectivity index is 1.39. The summed E-state index contributed by atoms with van der Waals surface area (Å²) in [6.07, 6.45) is 4.34. The summed E-state index contributed by atoms with van der Waals surface area (Å²) in [7, 11) is 0. The maximum absolute atomic E-state index is 12.1. The van der Waals surface area contributed by atoms with E-state index in [9.17, 15) is 9.90 Å². The van der Waals surface area contributed by atoms with Gasteiger partial charge in [-0.2, -0.15) is 0 Å². The average Bonchev–Trinajstić information content (AvgIpc) is 3.40. The Morgan fingerprint density at radius 1 is 0.971 bits per heavy atom. The number of aromatic amines is 1. The van der Waals surface area contributed by atoms with E-state index in [-0.39, 0.29) is 0 Å².